The molecule has 0 radical (unpaired) electrons. The fourth-order valence-corrected chi connectivity index (χ4v) is 1.94. The smallest absolute Gasteiger partial charge is 0.213 e. The predicted octanol–water partition coefficient (Wildman–Crippen LogP) is 3.38. The molecule has 1 heterocycles. The Labute approximate surface area is 148 Å². The van der Waals surface area contributed by atoms with Gasteiger partial charge in [0.1, 0.15) is 6.61 Å². The van der Waals surface area contributed by atoms with Gasteiger partial charge in [0.05, 0.1) is 19.0 Å². The van der Waals surface area contributed by atoms with Crippen LogP contribution in [-0.4, -0.2) is 44.3 Å². The number of hydrogen-bond acceptors (Lipinski definition) is 6. The molecule has 1 aromatic heterocycles. The first-order chi connectivity index (χ1) is 12.3. The van der Waals surface area contributed by atoms with Crippen LogP contribution >= 0.6 is 0 Å². The molecule has 0 spiro atoms. The summed E-state index contributed by atoms with van der Waals surface area (Å²) in [5, 5.41) is 11.1. The molecule has 0 aliphatic rings. The van der Waals surface area contributed by atoms with Crippen molar-refractivity contribution in [3.05, 3.63) is 53.7 Å². The molecule has 0 aliphatic carbocycles. The third-order valence-corrected chi connectivity index (χ3v) is 3.26. The first-order valence-electron chi connectivity index (χ1n) is 8.32. The molecule has 6 nitrogen and oxygen atoms in total. The van der Waals surface area contributed by atoms with Crippen molar-refractivity contribution >= 4 is 18.1 Å². The van der Waals surface area contributed by atoms with Crippen LogP contribution in [0.4, 0.5) is 5.69 Å². The minimum Gasteiger partial charge on any atom is -0.475 e. The first-order valence-corrected chi connectivity index (χ1v) is 8.32. The van der Waals surface area contributed by atoms with E-state index in [0.29, 0.717) is 19.1 Å². The van der Waals surface area contributed by atoms with Gasteiger partial charge in [0.2, 0.25) is 5.88 Å². The van der Waals surface area contributed by atoms with Crippen LogP contribution in [0.3, 0.4) is 0 Å². The Kier molecular flexibility index (Phi) is 8.14. The monoisotopic (exact) mass is 340 g/mol. The number of ether oxygens (including phenoxy) is 2. The summed E-state index contributed by atoms with van der Waals surface area (Å²) >= 11 is 0. The van der Waals surface area contributed by atoms with E-state index in [2.05, 4.69) is 27.4 Å². The highest BCUT2D eigenvalue weighted by Crippen LogP contribution is 2.07. The number of rotatable bonds is 10. The van der Waals surface area contributed by atoms with E-state index in [1.807, 2.05) is 37.4 Å². The summed E-state index contributed by atoms with van der Waals surface area (Å²) in [4.78, 5) is 4.22. The molecule has 0 amide bonds. The van der Waals surface area contributed by atoms with Gasteiger partial charge in [-0.25, -0.2) is 4.98 Å². The molecule has 0 bridgehead atoms. The van der Waals surface area contributed by atoms with E-state index in [9.17, 15) is 0 Å². The third kappa shape index (κ3) is 7.14. The Morgan fingerprint density at radius 3 is 2.32 bits per heavy atom. The highest BCUT2D eigenvalue weighted by molar-refractivity contribution is 5.82. The summed E-state index contributed by atoms with van der Waals surface area (Å²) in [7, 11) is 1.89. The molecule has 2 aromatic rings. The molecule has 1 aromatic carbocycles. The Bertz CT molecular complexity index is 667. The second kappa shape index (κ2) is 10.9. The van der Waals surface area contributed by atoms with Crippen LogP contribution in [-0.2, 0) is 4.74 Å². The van der Waals surface area contributed by atoms with Gasteiger partial charge >= 0.3 is 0 Å². The Morgan fingerprint density at radius 1 is 0.960 bits per heavy atom. The number of nitrogens with zero attached hydrogens (tertiary/aromatic N) is 3. The minimum absolute atomic E-state index is 0.497. The number of hydrogen-bond donors (Lipinski definition) is 1. The number of anilines is 1. The molecular formula is C19H24N4O2. The van der Waals surface area contributed by atoms with E-state index >= 15 is 0 Å². The maximum absolute atomic E-state index is 5.49. The van der Waals surface area contributed by atoms with Crippen molar-refractivity contribution in [3.63, 3.8) is 0 Å². The molecule has 0 aliphatic heterocycles. The van der Waals surface area contributed by atoms with Gasteiger partial charge < -0.3 is 14.8 Å². The summed E-state index contributed by atoms with van der Waals surface area (Å²) in [6.07, 6.45) is 6.07. The van der Waals surface area contributed by atoms with Gasteiger partial charge in [0.25, 0.3) is 0 Å². The van der Waals surface area contributed by atoms with Crippen LogP contribution in [0.1, 0.15) is 24.5 Å². The van der Waals surface area contributed by atoms with E-state index in [1.54, 1.807) is 24.7 Å². The van der Waals surface area contributed by atoms with Gasteiger partial charge in [-0.3, -0.25) is 0 Å². The number of aromatic nitrogens is 1. The molecular weight excluding hydrogens is 316 g/mol. The fourth-order valence-electron chi connectivity index (χ4n) is 1.94. The number of nitrogens with one attached hydrogen (secondary N) is 1. The van der Waals surface area contributed by atoms with Gasteiger partial charge in [-0.05, 0) is 30.2 Å². The standard InChI is InChI=1S/C19H24N4O2/c1-3-10-24-11-12-25-19-9-6-17(13-21-19)15-23-22-14-16-4-7-18(20-2)8-5-16/h4-9,13-15,20H,3,10-12H2,1-2H3/b22-14+,23-15+. The molecule has 0 saturated heterocycles. The lowest BCUT2D eigenvalue weighted by atomic mass is 10.2. The summed E-state index contributed by atoms with van der Waals surface area (Å²) in [5.41, 5.74) is 2.91. The first kappa shape index (κ1) is 18.6. The number of benzene rings is 1. The zero-order chi connectivity index (χ0) is 17.7. The van der Waals surface area contributed by atoms with Crippen molar-refractivity contribution in [2.24, 2.45) is 10.2 Å². The van der Waals surface area contributed by atoms with E-state index in [-0.39, 0.29) is 0 Å². The van der Waals surface area contributed by atoms with Crippen LogP contribution in [0.15, 0.2) is 52.8 Å². The van der Waals surface area contributed by atoms with Crippen LogP contribution in [0.2, 0.25) is 0 Å². The molecule has 0 unspecified atom stereocenters. The lowest BCUT2D eigenvalue weighted by Gasteiger charge is -2.05. The van der Waals surface area contributed by atoms with Crippen molar-refractivity contribution in [1.82, 2.24) is 4.98 Å². The van der Waals surface area contributed by atoms with Crippen molar-refractivity contribution in [1.29, 1.82) is 0 Å². The molecule has 6 heteroatoms. The Balaban J connectivity index is 1.77. The summed E-state index contributed by atoms with van der Waals surface area (Å²) in [6, 6.07) is 11.6. The maximum Gasteiger partial charge on any atom is 0.213 e. The highest BCUT2D eigenvalue weighted by Gasteiger charge is 1.96. The second-order valence-corrected chi connectivity index (χ2v) is 5.25. The quantitative estimate of drug-likeness (QED) is 0.409. The van der Waals surface area contributed by atoms with Crippen LogP contribution in [0.5, 0.6) is 5.88 Å². The second-order valence-electron chi connectivity index (χ2n) is 5.25. The van der Waals surface area contributed by atoms with Gasteiger partial charge in [-0.15, -0.1) is 0 Å². The highest BCUT2D eigenvalue weighted by atomic mass is 16.5. The minimum atomic E-state index is 0.497. The Hall–Kier alpha value is -2.73. The lowest BCUT2D eigenvalue weighted by Crippen LogP contribution is -2.07. The van der Waals surface area contributed by atoms with Gasteiger partial charge in [0.15, 0.2) is 0 Å². The summed E-state index contributed by atoms with van der Waals surface area (Å²) in [5.74, 6) is 0.574. The van der Waals surface area contributed by atoms with Crippen molar-refractivity contribution < 1.29 is 9.47 Å². The lowest BCUT2D eigenvalue weighted by molar-refractivity contribution is 0.0990. The fraction of sp³-hybridized carbons (Fsp3) is 0.316. The van der Waals surface area contributed by atoms with Crippen LogP contribution < -0.4 is 10.1 Å². The normalized spacial score (nSPS) is 11.3. The van der Waals surface area contributed by atoms with E-state index in [4.69, 9.17) is 9.47 Å². The number of pyridine rings is 1. The Morgan fingerprint density at radius 2 is 1.68 bits per heavy atom. The third-order valence-electron chi connectivity index (χ3n) is 3.26. The molecule has 0 atom stereocenters. The molecule has 0 fully saturated rings. The largest absolute Gasteiger partial charge is 0.475 e. The zero-order valence-corrected chi connectivity index (χ0v) is 14.7. The molecule has 25 heavy (non-hydrogen) atoms. The average Bonchev–Trinajstić information content (AvgIpc) is 2.66. The van der Waals surface area contributed by atoms with Crippen molar-refractivity contribution in [3.8, 4) is 5.88 Å². The van der Waals surface area contributed by atoms with Gasteiger partial charge in [0, 0.05) is 37.2 Å². The summed E-state index contributed by atoms with van der Waals surface area (Å²) < 4.78 is 10.8. The molecule has 1 N–H and O–H groups in total. The van der Waals surface area contributed by atoms with E-state index in [0.717, 1.165) is 29.8 Å². The van der Waals surface area contributed by atoms with Gasteiger partial charge in [-0.2, -0.15) is 10.2 Å². The molecule has 132 valence electrons. The van der Waals surface area contributed by atoms with E-state index < -0.39 is 0 Å². The van der Waals surface area contributed by atoms with Crippen LogP contribution in [0.25, 0.3) is 0 Å². The SMILES string of the molecule is CCCOCCOc1ccc(/C=N/N=C/c2ccc(NC)cc2)cn1. The average molecular weight is 340 g/mol. The molecule has 2 rings (SSSR count). The topological polar surface area (TPSA) is 68.1 Å². The zero-order valence-electron chi connectivity index (χ0n) is 14.7. The van der Waals surface area contributed by atoms with E-state index in [1.165, 1.54) is 0 Å². The maximum atomic E-state index is 5.49. The predicted molar refractivity (Wildman–Crippen MR) is 102 cm³/mol. The van der Waals surface area contributed by atoms with Crippen molar-refractivity contribution in [2.75, 3.05) is 32.2 Å². The van der Waals surface area contributed by atoms with Crippen LogP contribution in [0, 0.1) is 0 Å². The summed E-state index contributed by atoms with van der Waals surface area (Å²) in [6.45, 7) is 3.90. The molecule has 0 saturated carbocycles. The van der Waals surface area contributed by atoms with Gasteiger partial charge in [-0.1, -0.05) is 19.1 Å². The van der Waals surface area contributed by atoms with Crippen molar-refractivity contribution in [2.45, 2.75) is 13.3 Å².